The number of hydrogen-bond donors (Lipinski definition) is 1. The van der Waals surface area contributed by atoms with Gasteiger partial charge in [-0.15, -0.1) is 0 Å². The molecule has 6 nitrogen and oxygen atoms in total. The van der Waals surface area contributed by atoms with Gasteiger partial charge in [0, 0.05) is 37.6 Å². The first kappa shape index (κ1) is 16.1. The van der Waals surface area contributed by atoms with Gasteiger partial charge in [0.05, 0.1) is 11.8 Å². The Balaban J connectivity index is 1.79. The maximum Gasteiger partial charge on any atom is 0.218 e. The van der Waals surface area contributed by atoms with Crippen LogP contribution >= 0.6 is 0 Å². The minimum Gasteiger partial charge on any atom is -0.347 e. The molecule has 0 unspecified atom stereocenters. The highest BCUT2D eigenvalue weighted by molar-refractivity contribution is 7.88. The van der Waals surface area contributed by atoms with Crippen molar-refractivity contribution in [3.05, 3.63) is 53.9 Å². The first-order valence-electron chi connectivity index (χ1n) is 7.38. The summed E-state index contributed by atoms with van der Waals surface area (Å²) in [6.07, 6.45) is 3.37. The Hall–Kier alpha value is -1.77. The molecular weight excluding hydrogens is 319 g/mol. The number of benzene rings is 1. The second kappa shape index (κ2) is 6.38. The van der Waals surface area contributed by atoms with Crippen molar-refractivity contribution < 1.29 is 12.8 Å². The molecule has 0 aliphatic carbocycles. The van der Waals surface area contributed by atoms with E-state index in [1.165, 1.54) is 16.4 Å². The third-order valence-corrected chi connectivity index (χ3v) is 5.93. The number of nitrogens with zero attached hydrogens (tertiary/aromatic N) is 3. The monoisotopic (exact) mass is 338 g/mol. The summed E-state index contributed by atoms with van der Waals surface area (Å²) in [5.74, 6) is -0.0834. The zero-order valence-electron chi connectivity index (χ0n) is 12.8. The van der Waals surface area contributed by atoms with Crippen LogP contribution in [-0.2, 0) is 15.8 Å². The van der Waals surface area contributed by atoms with Crippen LogP contribution in [0.5, 0.6) is 0 Å². The van der Waals surface area contributed by atoms with E-state index in [4.69, 9.17) is 0 Å². The largest absolute Gasteiger partial charge is 0.347 e. The smallest absolute Gasteiger partial charge is 0.218 e. The van der Waals surface area contributed by atoms with E-state index >= 15 is 0 Å². The number of H-pyrrole nitrogens is 1. The lowest BCUT2D eigenvalue weighted by molar-refractivity contribution is 0.142. The Morgan fingerprint density at radius 1 is 1.35 bits per heavy atom. The number of piperazine rings is 1. The van der Waals surface area contributed by atoms with Gasteiger partial charge in [-0.05, 0) is 13.1 Å². The molecule has 0 amide bonds. The predicted octanol–water partition coefficient (Wildman–Crippen LogP) is 1.37. The second-order valence-electron chi connectivity index (χ2n) is 5.68. The zero-order valence-corrected chi connectivity index (χ0v) is 13.6. The molecule has 2 heterocycles. The Labute approximate surface area is 135 Å². The molecule has 8 heteroatoms. The Bertz CT molecular complexity index is 764. The minimum absolute atomic E-state index is 0.130. The van der Waals surface area contributed by atoms with E-state index in [1.54, 1.807) is 24.5 Å². The highest BCUT2D eigenvalue weighted by atomic mass is 32.2. The van der Waals surface area contributed by atoms with Crippen LogP contribution < -0.4 is 0 Å². The Morgan fingerprint density at radius 3 is 2.83 bits per heavy atom. The second-order valence-corrected chi connectivity index (χ2v) is 7.65. The fourth-order valence-corrected chi connectivity index (χ4v) is 4.30. The average molecular weight is 338 g/mol. The SMILES string of the molecule is CN1CCN(S(=O)(=O)Cc2ccccc2F)C[C@H]1c1ncc[nH]1. The van der Waals surface area contributed by atoms with Crippen molar-refractivity contribution >= 4 is 10.0 Å². The van der Waals surface area contributed by atoms with E-state index in [-0.39, 0.29) is 17.4 Å². The van der Waals surface area contributed by atoms with E-state index in [9.17, 15) is 12.8 Å². The molecule has 0 bridgehead atoms. The van der Waals surface area contributed by atoms with Gasteiger partial charge in [-0.3, -0.25) is 4.90 Å². The number of aromatic amines is 1. The molecule has 1 aliphatic heterocycles. The van der Waals surface area contributed by atoms with E-state index < -0.39 is 15.8 Å². The number of likely N-dealkylation sites (N-methyl/N-ethyl adjacent to an activating group) is 1. The van der Waals surface area contributed by atoms with Gasteiger partial charge in [0.2, 0.25) is 10.0 Å². The Morgan fingerprint density at radius 2 is 2.13 bits per heavy atom. The normalized spacial score (nSPS) is 20.7. The number of rotatable bonds is 4. The van der Waals surface area contributed by atoms with Gasteiger partial charge in [-0.2, -0.15) is 4.31 Å². The van der Waals surface area contributed by atoms with Crippen LogP contribution in [0, 0.1) is 5.82 Å². The van der Waals surface area contributed by atoms with Crippen molar-refractivity contribution in [2.24, 2.45) is 0 Å². The van der Waals surface area contributed by atoms with Crippen molar-refractivity contribution in [2.75, 3.05) is 26.7 Å². The summed E-state index contributed by atoms with van der Waals surface area (Å²) in [7, 11) is -1.64. The molecule has 1 aromatic carbocycles. The van der Waals surface area contributed by atoms with Crippen molar-refractivity contribution in [1.82, 2.24) is 19.2 Å². The van der Waals surface area contributed by atoms with Crippen molar-refractivity contribution in [3.63, 3.8) is 0 Å². The van der Waals surface area contributed by atoms with Gasteiger partial charge in [0.1, 0.15) is 11.6 Å². The molecule has 1 atom stereocenters. The third-order valence-electron chi connectivity index (χ3n) is 4.13. The van der Waals surface area contributed by atoms with Gasteiger partial charge in [-0.25, -0.2) is 17.8 Å². The van der Waals surface area contributed by atoms with E-state index in [1.807, 2.05) is 7.05 Å². The molecule has 0 spiro atoms. The summed E-state index contributed by atoms with van der Waals surface area (Å²) < 4.78 is 40.4. The van der Waals surface area contributed by atoms with Crippen LogP contribution in [0.4, 0.5) is 4.39 Å². The van der Waals surface area contributed by atoms with E-state index in [0.29, 0.717) is 19.6 Å². The minimum atomic E-state index is -3.58. The first-order valence-corrected chi connectivity index (χ1v) is 8.99. The fourth-order valence-electron chi connectivity index (χ4n) is 2.76. The highest BCUT2D eigenvalue weighted by Crippen LogP contribution is 2.24. The molecule has 1 fully saturated rings. The molecule has 1 saturated heterocycles. The number of halogens is 1. The van der Waals surface area contributed by atoms with Crippen LogP contribution in [0.25, 0.3) is 0 Å². The summed E-state index contributed by atoms with van der Waals surface area (Å²) in [5, 5.41) is 0. The molecule has 1 aliphatic rings. The van der Waals surface area contributed by atoms with E-state index in [2.05, 4.69) is 14.9 Å². The van der Waals surface area contributed by atoms with Crippen LogP contribution in [0.15, 0.2) is 36.7 Å². The zero-order chi connectivity index (χ0) is 16.4. The summed E-state index contributed by atoms with van der Waals surface area (Å²) in [6.45, 7) is 1.30. The molecule has 23 heavy (non-hydrogen) atoms. The molecule has 124 valence electrons. The summed E-state index contributed by atoms with van der Waals surface area (Å²) in [6, 6.07) is 5.85. The number of hydrogen-bond acceptors (Lipinski definition) is 4. The lowest BCUT2D eigenvalue weighted by Gasteiger charge is -2.37. The number of sulfonamides is 1. The molecule has 1 aromatic heterocycles. The van der Waals surface area contributed by atoms with E-state index in [0.717, 1.165) is 5.82 Å². The quantitative estimate of drug-likeness (QED) is 0.914. The number of nitrogens with one attached hydrogen (secondary N) is 1. The molecule has 3 rings (SSSR count). The Kier molecular flexibility index (Phi) is 4.47. The lowest BCUT2D eigenvalue weighted by atomic mass is 10.2. The summed E-state index contributed by atoms with van der Waals surface area (Å²) in [4.78, 5) is 9.32. The first-order chi connectivity index (χ1) is 11.0. The number of aromatic nitrogens is 2. The standard InChI is InChI=1S/C15H19FN4O2S/c1-19-8-9-20(10-14(19)15-17-6-7-18-15)23(21,22)11-12-4-2-3-5-13(12)16/h2-7,14H,8-11H2,1H3,(H,17,18)/t14-/m0/s1. The molecule has 1 N–H and O–H groups in total. The van der Waals surface area contributed by atoms with Crippen LogP contribution in [0.3, 0.4) is 0 Å². The summed E-state index contributed by atoms with van der Waals surface area (Å²) >= 11 is 0. The topological polar surface area (TPSA) is 69.3 Å². The van der Waals surface area contributed by atoms with Gasteiger partial charge >= 0.3 is 0 Å². The fraction of sp³-hybridized carbons (Fsp3) is 0.400. The van der Waals surface area contributed by atoms with Crippen LogP contribution in [-0.4, -0.2) is 54.3 Å². The van der Waals surface area contributed by atoms with Crippen LogP contribution in [0.2, 0.25) is 0 Å². The summed E-state index contributed by atoms with van der Waals surface area (Å²) in [5.41, 5.74) is 0.195. The molecule has 0 saturated carbocycles. The van der Waals surface area contributed by atoms with Gasteiger partial charge in [-0.1, -0.05) is 18.2 Å². The van der Waals surface area contributed by atoms with Gasteiger partial charge in [0.15, 0.2) is 0 Å². The number of imidazole rings is 1. The highest BCUT2D eigenvalue weighted by Gasteiger charge is 2.33. The van der Waals surface area contributed by atoms with Gasteiger partial charge < -0.3 is 4.98 Å². The average Bonchev–Trinajstić information content (AvgIpc) is 3.04. The third kappa shape index (κ3) is 3.44. The molecule has 0 radical (unpaired) electrons. The van der Waals surface area contributed by atoms with Gasteiger partial charge in [0.25, 0.3) is 0 Å². The molecular formula is C15H19FN4O2S. The molecule has 2 aromatic rings. The lowest BCUT2D eigenvalue weighted by Crippen LogP contribution is -2.49. The van der Waals surface area contributed by atoms with Crippen molar-refractivity contribution in [1.29, 1.82) is 0 Å². The maximum absolute atomic E-state index is 13.7. The van der Waals surface area contributed by atoms with Crippen molar-refractivity contribution in [3.8, 4) is 0 Å². The van der Waals surface area contributed by atoms with Crippen molar-refractivity contribution in [2.45, 2.75) is 11.8 Å². The van der Waals surface area contributed by atoms with Crippen LogP contribution in [0.1, 0.15) is 17.4 Å². The predicted molar refractivity (Wildman–Crippen MR) is 84.6 cm³/mol. The maximum atomic E-state index is 13.7.